The monoisotopic (exact) mass is 591 g/mol. The summed E-state index contributed by atoms with van der Waals surface area (Å²) in [6.45, 7) is 3.38. The minimum atomic E-state index is -5.08. The van der Waals surface area contributed by atoms with Gasteiger partial charge in [0.25, 0.3) is 11.8 Å². The standard InChI is InChI=1S/C24H27N7O4.C2HF3O2/c1-13-8-15(11-29(13)16-4-5-16)25-22(33)19-12-31(28-27-19)17-3-2-14-10-30(24(35)18(14)9-17)20-6-7-21(32)26-23(20)34;3-2(4,5)1(6)7/h2-3,9,12-13,15-16,20H,4-8,10-11H2,1H3,(H,25,33)(H,26,32,34);(H,6,7). The van der Waals surface area contributed by atoms with Gasteiger partial charge < -0.3 is 15.3 Å². The van der Waals surface area contributed by atoms with Crippen molar-refractivity contribution in [3.8, 4) is 5.69 Å². The molecule has 3 fully saturated rings. The first kappa shape index (κ1) is 29.2. The van der Waals surface area contributed by atoms with E-state index in [-0.39, 0.29) is 35.9 Å². The van der Waals surface area contributed by atoms with Crippen molar-refractivity contribution in [1.29, 1.82) is 0 Å². The molecule has 13 nitrogen and oxygen atoms in total. The molecule has 3 atom stereocenters. The van der Waals surface area contributed by atoms with Crippen LogP contribution in [-0.2, 0) is 20.9 Å². The highest BCUT2D eigenvalue weighted by Crippen LogP contribution is 2.33. The van der Waals surface area contributed by atoms with Gasteiger partial charge in [-0.3, -0.25) is 29.4 Å². The number of carboxylic acid groups (broad SMARTS) is 1. The van der Waals surface area contributed by atoms with Crippen LogP contribution >= 0.6 is 0 Å². The number of benzene rings is 1. The van der Waals surface area contributed by atoms with E-state index >= 15 is 0 Å². The highest BCUT2D eigenvalue weighted by atomic mass is 19.4. The Hall–Kier alpha value is -4.34. The first-order valence-corrected chi connectivity index (χ1v) is 13.4. The molecule has 0 bridgehead atoms. The van der Waals surface area contributed by atoms with Gasteiger partial charge in [0.1, 0.15) is 6.04 Å². The Bertz CT molecular complexity index is 1440. The maximum absolute atomic E-state index is 13.1. The number of amides is 4. The Morgan fingerprint density at radius 1 is 1.14 bits per heavy atom. The summed E-state index contributed by atoms with van der Waals surface area (Å²) in [6, 6.07) is 5.90. The summed E-state index contributed by atoms with van der Waals surface area (Å²) in [5.74, 6) is -4.03. The van der Waals surface area contributed by atoms with E-state index in [4.69, 9.17) is 9.90 Å². The van der Waals surface area contributed by atoms with E-state index in [1.165, 1.54) is 22.4 Å². The molecular weight excluding hydrogens is 563 g/mol. The van der Waals surface area contributed by atoms with Crippen LogP contribution in [0.3, 0.4) is 0 Å². The summed E-state index contributed by atoms with van der Waals surface area (Å²) in [5, 5.41) is 20.7. The highest BCUT2D eigenvalue weighted by molar-refractivity contribution is 6.05. The third-order valence-electron chi connectivity index (χ3n) is 7.72. The quantitative estimate of drug-likeness (QED) is 0.430. The number of rotatable bonds is 5. The zero-order valence-electron chi connectivity index (χ0n) is 22.4. The second kappa shape index (κ2) is 11.2. The normalized spacial score (nSPS) is 24.1. The van der Waals surface area contributed by atoms with Gasteiger partial charge in [0, 0.05) is 43.2 Å². The smallest absolute Gasteiger partial charge is 0.475 e. The number of hydrogen-bond donors (Lipinski definition) is 3. The van der Waals surface area contributed by atoms with E-state index in [0.717, 1.165) is 18.5 Å². The van der Waals surface area contributed by atoms with Gasteiger partial charge in [-0.2, -0.15) is 13.2 Å². The fraction of sp³-hybridized carbons (Fsp3) is 0.500. The van der Waals surface area contributed by atoms with Gasteiger partial charge in [-0.05, 0) is 50.3 Å². The van der Waals surface area contributed by atoms with E-state index < -0.39 is 24.1 Å². The molecule has 6 rings (SSSR count). The van der Waals surface area contributed by atoms with Crippen molar-refractivity contribution in [3.63, 3.8) is 0 Å². The second-order valence-electron chi connectivity index (χ2n) is 10.8. The van der Waals surface area contributed by atoms with Crippen LogP contribution in [0.2, 0.25) is 0 Å². The summed E-state index contributed by atoms with van der Waals surface area (Å²) in [6.07, 6.45) is 0.418. The van der Waals surface area contributed by atoms with E-state index in [2.05, 4.69) is 32.8 Å². The number of nitrogens with one attached hydrogen (secondary N) is 2. The lowest BCUT2D eigenvalue weighted by molar-refractivity contribution is -0.192. The number of halogens is 3. The first-order chi connectivity index (χ1) is 19.8. The van der Waals surface area contributed by atoms with E-state index in [1.807, 2.05) is 12.1 Å². The molecule has 1 aromatic carbocycles. The molecule has 0 spiro atoms. The molecule has 4 aliphatic rings. The molecule has 1 saturated carbocycles. The predicted octanol–water partition coefficient (Wildman–Crippen LogP) is 1.02. The molecule has 1 aliphatic carbocycles. The number of fused-ring (bicyclic) bond motifs is 1. The molecule has 0 radical (unpaired) electrons. The number of carbonyl (C=O) groups excluding carboxylic acids is 4. The topological polar surface area (TPSA) is 167 Å². The number of likely N-dealkylation sites (tertiary alicyclic amines) is 1. The Balaban J connectivity index is 0.000000451. The van der Waals surface area contributed by atoms with E-state index in [0.29, 0.717) is 36.3 Å². The van der Waals surface area contributed by atoms with Crippen LogP contribution in [0.5, 0.6) is 0 Å². The van der Waals surface area contributed by atoms with Crippen molar-refractivity contribution in [1.82, 2.24) is 35.4 Å². The SMILES string of the molecule is CC1CC(NC(=O)c2cn(-c3ccc4c(c3)C(=O)N(C3CCC(=O)NC3=O)C4)nn2)CN1C1CC1.O=C(O)C(F)(F)F. The number of carbonyl (C=O) groups is 5. The summed E-state index contributed by atoms with van der Waals surface area (Å²) in [4.78, 5) is 62.4. The maximum atomic E-state index is 13.1. The van der Waals surface area contributed by atoms with Crippen LogP contribution in [0.15, 0.2) is 24.4 Å². The first-order valence-electron chi connectivity index (χ1n) is 13.4. The molecule has 4 amide bonds. The van der Waals surface area contributed by atoms with Crippen LogP contribution < -0.4 is 10.6 Å². The third kappa shape index (κ3) is 6.12. The molecule has 3 unspecified atom stereocenters. The second-order valence-corrected chi connectivity index (χ2v) is 10.8. The molecule has 3 N–H and O–H groups in total. The Kier molecular flexibility index (Phi) is 7.74. The van der Waals surface area contributed by atoms with Gasteiger partial charge in [-0.25, -0.2) is 9.48 Å². The van der Waals surface area contributed by atoms with Crippen molar-refractivity contribution in [2.75, 3.05) is 6.54 Å². The molecule has 2 saturated heterocycles. The largest absolute Gasteiger partial charge is 0.490 e. The van der Waals surface area contributed by atoms with Crippen molar-refractivity contribution in [2.24, 2.45) is 0 Å². The fourth-order valence-electron chi connectivity index (χ4n) is 5.51. The van der Waals surface area contributed by atoms with Crippen LogP contribution in [0.25, 0.3) is 5.69 Å². The number of hydrogen-bond acceptors (Lipinski definition) is 8. The fourth-order valence-corrected chi connectivity index (χ4v) is 5.51. The predicted molar refractivity (Wildman–Crippen MR) is 136 cm³/mol. The van der Waals surface area contributed by atoms with Gasteiger partial charge in [0.15, 0.2) is 5.69 Å². The Morgan fingerprint density at radius 3 is 2.50 bits per heavy atom. The molecule has 1 aromatic heterocycles. The zero-order valence-corrected chi connectivity index (χ0v) is 22.4. The lowest BCUT2D eigenvalue weighted by Gasteiger charge is -2.29. The van der Waals surface area contributed by atoms with Crippen molar-refractivity contribution < 1.29 is 42.3 Å². The molecule has 224 valence electrons. The van der Waals surface area contributed by atoms with Gasteiger partial charge in [-0.15, -0.1) is 5.10 Å². The summed E-state index contributed by atoms with van der Waals surface area (Å²) in [7, 11) is 0. The summed E-state index contributed by atoms with van der Waals surface area (Å²) in [5.41, 5.74) is 2.11. The minimum Gasteiger partial charge on any atom is -0.475 e. The molecule has 2 aromatic rings. The lowest BCUT2D eigenvalue weighted by Crippen LogP contribution is -2.52. The number of imide groups is 1. The van der Waals surface area contributed by atoms with Gasteiger partial charge in [0.05, 0.1) is 11.9 Å². The Morgan fingerprint density at radius 2 is 1.86 bits per heavy atom. The number of piperidine rings is 1. The van der Waals surface area contributed by atoms with Gasteiger partial charge >= 0.3 is 12.1 Å². The average Bonchev–Trinajstić information content (AvgIpc) is 3.37. The van der Waals surface area contributed by atoms with Gasteiger partial charge in [0.2, 0.25) is 11.8 Å². The van der Waals surface area contributed by atoms with Crippen LogP contribution in [0, 0.1) is 0 Å². The van der Waals surface area contributed by atoms with Crippen LogP contribution in [0.4, 0.5) is 13.2 Å². The molecule has 4 heterocycles. The number of nitrogens with zero attached hydrogens (tertiary/aromatic N) is 5. The minimum absolute atomic E-state index is 0.0964. The maximum Gasteiger partial charge on any atom is 0.490 e. The van der Waals surface area contributed by atoms with Crippen LogP contribution in [-0.4, -0.2) is 96.4 Å². The van der Waals surface area contributed by atoms with Gasteiger partial charge in [-0.1, -0.05) is 11.3 Å². The van der Waals surface area contributed by atoms with Crippen LogP contribution in [0.1, 0.15) is 65.4 Å². The third-order valence-corrected chi connectivity index (χ3v) is 7.72. The summed E-state index contributed by atoms with van der Waals surface area (Å²) >= 11 is 0. The van der Waals surface area contributed by atoms with Crippen molar-refractivity contribution in [3.05, 3.63) is 41.2 Å². The Labute approximate surface area is 237 Å². The highest BCUT2D eigenvalue weighted by Gasteiger charge is 2.41. The lowest BCUT2D eigenvalue weighted by atomic mass is 10.0. The number of aromatic nitrogens is 3. The molecule has 16 heteroatoms. The zero-order chi connectivity index (χ0) is 30.3. The van der Waals surface area contributed by atoms with Crippen molar-refractivity contribution >= 4 is 29.6 Å². The molecule has 3 aliphatic heterocycles. The van der Waals surface area contributed by atoms with E-state index in [9.17, 15) is 32.3 Å². The molecule has 42 heavy (non-hydrogen) atoms. The summed E-state index contributed by atoms with van der Waals surface area (Å²) < 4.78 is 33.2. The van der Waals surface area contributed by atoms with E-state index in [1.54, 1.807) is 12.3 Å². The molecular formula is C26H28F3N7O6. The number of aliphatic carboxylic acids is 1. The number of carboxylic acids is 1. The number of alkyl halides is 3. The average molecular weight is 592 g/mol. The van der Waals surface area contributed by atoms with Crippen molar-refractivity contribution in [2.45, 2.75) is 75.9 Å².